The van der Waals surface area contributed by atoms with Crippen LogP contribution < -0.4 is 10.6 Å². The van der Waals surface area contributed by atoms with Crippen molar-refractivity contribution in [1.82, 2.24) is 15.6 Å². The molecule has 0 aliphatic rings. The van der Waals surface area contributed by atoms with E-state index in [0.717, 1.165) is 17.6 Å². The molecule has 0 saturated heterocycles. The molecule has 1 atom stereocenters. The Kier molecular flexibility index (Phi) is 5.22. The Balaban J connectivity index is 1.82. The van der Waals surface area contributed by atoms with Gasteiger partial charge in [0.2, 0.25) is 0 Å². The second-order valence-corrected chi connectivity index (χ2v) is 5.34. The molecule has 2 aromatic rings. The predicted molar refractivity (Wildman–Crippen MR) is 84.4 cm³/mol. The van der Waals surface area contributed by atoms with Crippen LogP contribution in [0, 0.1) is 6.92 Å². The van der Waals surface area contributed by atoms with Crippen molar-refractivity contribution >= 4 is 16.9 Å². The first-order chi connectivity index (χ1) is 10.1. The summed E-state index contributed by atoms with van der Waals surface area (Å²) in [5.41, 5.74) is 3.52. The lowest BCUT2D eigenvalue weighted by Gasteiger charge is -2.08. The van der Waals surface area contributed by atoms with Gasteiger partial charge in [0.1, 0.15) is 0 Å². The number of benzene rings is 1. The summed E-state index contributed by atoms with van der Waals surface area (Å²) in [5.74, 6) is 0. The molecule has 0 radical (unpaired) electrons. The molecular formula is C16H23N3O2. The number of aromatic amines is 1. The minimum absolute atomic E-state index is 0.187. The Morgan fingerprint density at radius 3 is 2.76 bits per heavy atom. The standard InChI is InChI=1S/C16H23N3O2/c1-11(20)7-9-17-16(21)18-10-8-13-12(2)19-15-6-4-3-5-14(13)15/h3-6,11,19-20H,7-10H2,1-2H3,(H2,17,18,21). The van der Waals surface area contributed by atoms with Crippen LogP contribution in [0.5, 0.6) is 0 Å². The van der Waals surface area contributed by atoms with Crippen LogP contribution in [0.15, 0.2) is 24.3 Å². The van der Waals surface area contributed by atoms with E-state index in [1.165, 1.54) is 10.9 Å². The number of urea groups is 1. The topological polar surface area (TPSA) is 77.2 Å². The number of carbonyl (C=O) groups excluding carboxylic acids is 1. The van der Waals surface area contributed by atoms with Gasteiger partial charge in [-0.25, -0.2) is 4.79 Å². The zero-order valence-electron chi connectivity index (χ0n) is 12.6. The summed E-state index contributed by atoms with van der Waals surface area (Å²) in [7, 11) is 0. The highest BCUT2D eigenvalue weighted by molar-refractivity contribution is 5.84. The highest BCUT2D eigenvalue weighted by Gasteiger charge is 2.08. The number of hydrogen-bond donors (Lipinski definition) is 4. The van der Waals surface area contributed by atoms with Gasteiger partial charge >= 0.3 is 6.03 Å². The largest absolute Gasteiger partial charge is 0.393 e. The normalized spacial score (nSPS) is 12.3. The molecule has 0 saturated carbocycles. The molecule has 0 bridgehead atoms. The van der Waals surface area contributed by atoms with E-state index in [0.29, 0.717) is 19.5 Å². The molecule has 21 heavy (non-hydrogen) atoms. The minimum Gasteiger partial charge on any atom is -0.393 e. The highest BCUT2D eigenvalue weighted by atomic mass is 16.3. The van der Waals surface area contributed by atoms with Gasteiger partial charge in [-0.05, 0) is 38.3 Å². The quantitative estimate of drug-likeness (QED) is 0.657. The SMILES string of the molecule is Cc1[nH]c2ccccc2c1CCNC(=O)NCCC(C)O. The number of rotatable bonds is 6. The lowest BCUT2D eigenvalue weighted by atomic mass is 10.1. The van der Waals surface area contributed by atoms with Crippen molar-refractivity contribution in [2.75, 3.05) is 13.1 Å². The van der Waals surface area contributed by atoms with E-state index in [4.69, 9.17) is 5.11 Å². The smallest absolute Gasteiger partial charge is 0.314 e. The summed E-state index contributed by atoms with van der Waals surface area (Å²) in [5, 5.41) is 15.9. The Bertz CT molecular complexity index is 605. The third kappa shape index (κ3) is 4.23. The highest BCUT2D eigenvalue weighted by Crippen LogP contribution is 2.21. The van der Waals surface area contributed by atoms with Crippen molar-refractivity contribution in [3.05, 3.63) is 35.5 Å². The number of aliphatic hydroxyl groups excluding tert-OH is 1. The maximum atomic E-state index is 11.6. The first-order valence-electron chi connectivity index (χ1n) is 7.34. The van der Waals surface area contributed by atoms with Crippen LogP contribution >= 0.6 is 0 Å². The van der Waals surface area contributed by atoms with Crippen molar-refractivity contribution in [3.63, 3.8) is 0 Å². The van der Waals surface area contributed by atoms with Gasteiger partial charge < -0.3 is 20.7 Å². The number of para-hydroxylation sites is 1. The number of carbonyl (C=O) groups is 1. The Hall–Kier alpha value is -2.01. The summed E-state index contributed by atoms with van der Waals surface area (Å²) in [4.78, 5) is 14.9. The molecule has 1 aromatic heterocycles. The van der Waals surface area contributed by atoms with Gasteiger partial charge in [-0.2, -0.15) is 0 Å². The van der Waals surface area contributed by atoms with Gasteiger partial charge in [-0.15, -0.1) is 0 Å². The summed E-state index contributed by atoms with van der Waals surface area (Å²) in [6, 6.07) is 8.00. The van der Waals surface area contributed by atoms with Gasteiger partial charge in [-0.1, -0.05) is 18.2 Å². The summed E-state index contributed by atoms with van der Waals surface area (Å²) in [6.07, 6.45) is 0.966. The molecule has 0 aliphatic heterocycles. The number of H-pyrrole nitrogens is 1. The van der Waals surface area contributed by atoms with Crippen molar-refractivity contribution in [3.8, 4) is 0 Å². The molecule has 5 heteroatoms. The van der Waals surface area contributed by atoms with Crippen molar-refractivity contribution in [2.24, 2.45) is 0 Å². The number of aryl methyl sites for hydroxylation is 1. The van der Waals surface area contributed by atoms with Gasteiger partial charge in [0.15, 0.2) is 0 Å². The maximum Gasteiger partial charge on any atom is 0.314 e. The molecule has 0 aliphatic carbocycles. The second kappa shape index (κ2) is 7.13. The first-order valence-corrected chi connectivity index (χ1v) is 7.34. The third-order valence-corrected chi connectivity index (χ3v) is 3.54. The van der Waals surface area contributed by atoms with E-state index >= 15 is 0 Å². The van der Waals surface area contributed by atoms with Gasteiger partial charge in [0.05, 0.1) is 6.10 Å². The second-order valence-electron chi connectivity index (χ2n) is 5.34. The average Bonchev–Trinajstić information content (AvgIpc) is 2.75. The molecule has 1 unspecified atom stereocenters. The number of amides is 2. The van der Waals surface area contributed by atoms with Crippen LogP contribution in [0.3, 0.4) is 0 Å². The zero-order chi connectivity index (χ0) is 15.2. The van der Waals surface area contributed by atoms with Gasteiger partial charge in [0, 0.05) is 29.7 Å². The molecule has 0 spiro atoms. The first kappa shape index (κ1) is 15.4. The fourth-order valence-corrected chi connectivity index (χ4v) is 2.42. The molecule has 1 heterocycles. The molecule has 4 N–H and O–H groups in total. The lowest BCUT2D eigenvalue weighted by Crippen LogP contribution is -2.37. The van der Waals surface area contributed by atoms with E-state index in [9.17, 15) is 4.79 Å². The fourth-order valence-electron chi connectivity index (χ4n) is 2.42. The minimum atomic E-state index is -0.390. The average molecular weight is 289 g/mol. The van der Waals surface area contributed by atoms with Crippen molar-refractivity contribution in [1.29, 1.82) is 0 Å². The van der Waals surface area contributed by atoms with E-state index in [1.54, 1.807) is 6.92 Å². The molecule has 114 valence electrons. The lowest BCUT2D eigenvalue weighted by molar-refractivity contribution is 0.183. The summed E-state index contributed by atoms with van der Waals surface area (Å²) in [6.45, 7) is 4.83. The Labute approximate surface area is 124 Å². The molecule has 1 aromatic carbocycles. The molecule has 5 nitrogen and oxygen atoms in total. The monoisotopic (exact) mass is 289 g/mol. The van der Waals surface area contributed by atoms with E-state index in [1.807, 2.05) is 12.1 Å². The van der Waals surface area contributed by atoms with Crippen molar-refractivity contribution in [2.45, 2.75) is 32.8 Å². The van der Waals surface area contributed by atoms with E-state index in [-0.39, 0.29) is 12.1 Å². The van der Waals surface area contributed by atoms with Crippen LogP contribution in [0.4, 0.5) is 4.79 Å². The van der Waals surface area contributed by atoms with Gasteiger partial charge in [-0.3, -0.25) is 0 Å². The Morgan fingerprint density at radius 2 is 2.00 bits per heavy atom. The fraction of sp³-hybridized carbons (Fsp3) is 0.438. The molecular weight excluding hydrogens is 266 g/mol. The van der Waals surface area contributed by atoms with Crippen LogP contribution in [0.1, 0.15) is 24.6 Å². The number of aromatic nitrogens is 1. The number of nitrogens with one attached hydrogen (secondary N) is 3. The van der Waals surface area contributed by atoms with Crippen LogP contribution in [-0.2, 0) is 6.42 Å². The Morgan fingerprint density at radius 1 is 1.29 bits per heavy atom. The van der Waals surface area contributed by atoms with Crippen LogP contribution in [0.25, 0.3) is 10.9 Å². The number of fused-ring (bicyclic) bond motifs is 1. The van der Waals surface area contributed by atoms with Crippen LogP contribution in [-0.4, -0.2) is 35.3 Å². The van der Waals surface area contributed by atoms with E-state index in [2.05, 4.69) is 34.7 Å². The van der Waals surface area contributed by atoms with Crippen LogP contribution in [0.2, 0.25) is 0 Å². The molecule has 0 fully saturated rings. The molecule has 2 rings (SSSR count). The summed E-state index contributed by atoms with van der Waals surface area (Å²) < 4.78 is 0. The molecule has 2 amide bonds. The predicted octanol–water partition coefficient (Wildman–Crippen LogP) is 2.09. The third-order valence-electron chi connectivity index (χ3n) is 3.54. The van der Waals surface area contributed by atoms with Gasteiger partial charge in [0.25, 0.3) is 0 Å². The summed E-state index contributed by atoms with van der Waals surface area (Å²) >= 11 is 0. The van der Waals surface area contributed by atoms with E-state index < -0.39 is 0 Å². The number of hydrogen-bond acceptors (Lipinski definition) is 2. The maximum absolute atomic E-state index is 11.6. The van der Waals surface area contributed by atoms with Crippen molar-refractivity contribution < 1.29 is 9.90 Å². The number of aliphatic hydroxyl groups is 1. The zero-order valence-corrected chi connectivity index (χ0v) is 12.6.